The predicted octanol–water partition coefficient (Wildman–Crippen LogP) is 2.58. The number of piperazine rings is 1. The van der Waals surface area contributed by atoms with Gasteiger partial charge < -0.3 is 10.2 Å². The average molecular weight is 356 g/mol. The second-order valence-corrected chi connectivity index (χ2v) is 5.21. The molecule has 1 aliphatic rings. The summed E-state index contributed by atoms with van der Waals surface area (Å²) in [4.78, 5) is 13.6. The van der Waals surface area contributed by atoms with Gasteiger partial charge in [-0.25, -0.2) is 8.78 Å². The first kappa shape index (κ1) is 16.3. The Balaban J connectivity index is 0.00000180. The Hall–Kier alpha value is -0.720. The van der Waals surface area contributed by atoms with Crippen LogP contribution in [0.25, 0.3) is 0 Å². The largest absolute Gasteiger partial charge is 0.336 e. The topological polar surface area (TPSA) is 32.3 Å². The van der Waals surface area contributed by atoms with Gasteiger partial charge in [-0.1, -0.05) is 0 Å². The van der Waals surface area contributed by atoms with Crippen LogP contribution in [0.2, 0.25) is 0 Å². The molecule has 0 bridgehead atoms. The molecule has 0 saturated carbocycles. The predicted molar refractivity (Wildman–Crippen MR) is 74.7 cm³/mol. The van der Waals surface area contributed by atoms with Gasteiger partial charge in [-0.05, 0) is 35.0 Å². The van der Waals surface area contributed by atoms with E-state index in [2.05, 4.69) is 21.2 Å². The number of halogens is 4. The summed E-state index contributed by atoms with van der Waals surface area (Å²) in [5.41, 5.74) is -0.218. The second kappa shape index (κ2) is 6.63. The number of carbonyl (C=O) groups is 1. The Kier molecular flexibility index (Phi) is 5.70. The van der Waals surface area contributed by atoms with Crippen LogP contribution in [0.3, 0.4) is 0 Å². The summed E-state index contributed by atoms with van der Waals surface area (Å²) in [5.74, 6) is -1.81. The lowest BCUT2D eigenvalue weighted by Gasteiger charge is -2.32. The van der Waals surface area contributed by atoms with Gasteiger partial charge in [0.2, 0.25) is 0 Å². The Morgan fingerprint density at radius 1 is 1.42 bits per heavy atom. The van der Waals surface area contributed by atoms with Crippen LogP contribution in [0.15, 0.2) is 16.6 Å². The molecule has 0 unspecified atom stereocenters. The number of amides is 1. The van der Waals surface area contributed by atoms with Crippen molar-refractivity contribution in [3.8, 4) is 0 Å². The van der Waals surface area contributed by atoms with Gasteiger partial charge in [-0.2, -0.15) is 0 Å². The van der Waals surface area contributed by atoms with Gasteiger partial charge in [0.15, 0.2) is 0 Å². The molecule has 1 aromatic rings. The van der Waals surface area contributed by atoms with Crippen LogP contribution in [0.1, 0.15) is 17.3 Å². The first-order chi connectivity index (χ1) is 8.49. The molecule has 1 heterocycles. The maximum absolute atomic E-state index is 13.7. The first-order valence-electron chi connectivity index (χ1n) is 5.66. The number of hydrogen-bond acceptors (Lipinski definition) is 2. The van der Waals surface area contributed by atoms with E-state index in [0.29, 0.717) is 19.6 Å². The minimum Gasteiger partial charge on any atom is -0.336 e. The van der Waals surface area contributed by atoms with Gasteiger partial charge in [0, 0.05) is 25.7 Å². The molecule has 1 saturated heterocycles. The molecule has 0 spiro atoms. The highest BCUT2D eigenvalue weighted by atomic mass is 79.9. The third kappa shape index (κ3) is 3.64. The normalized spacial score (nSPS) is 18.9. The summed E-state index contributed by atoms with van der Waals surface area (Å²) < 4.78 is 27.1. The van der Waals surface area contributed by atoms with Gasteiger partial charge >= 0.3 is 0 Å². The fraction of sp³-hybridized carbons (Fsp3) is 0.417. The minimum absolute atomic E-state index is 0. The Morgan fingerprint density at radius 3 is 2.74 bits per heavy atom. The van der Waals surface area contributed by atoms with E-state index in [1.54, 1.807) is 0 Å². The summed E-state index contributed by atoms with van der Waals surface area (Å²) in [6, 6.07) is 2.08. The Morgan fingerprint density at radius 2 is 2.11 bits per heavy atom. The molecule has 0 aliphatic carbocycles. The van der Waals surface area contributed by atoms with Crippen LogP contribution in [-0.4, -0.2) is 36.5 Å². The first-order valence-corrected chi connectivity index (χ1v) is 6.45. The smallest absolute Gasteiger partial charge is 0.257 e. The molecular formula is C12H14BrClF2N2O. The van der Waals surface area contributed by atoms with Crippen LogP contribution in [0.4, 0.5) is 8.78 Å². The van der Waals surface area contributed by atoms with Crippen molar-refractivity contribution in [2.75, 3.05) is 19.6 Å². The van der Waals surface area contributed by atoms with Gasteiger partial charge in [0.25, 0.3) is 5.91 Å². The third-order valence-corrected chi connectivity index (χ3v) is 3.50. The molecule has 1 aliphatic heterocycles. The highest BCUT2D eigenvalue weighted by molar-refractivity contribution is 9.10. The number of nitrogens with one attached hydrogen (secondary N) is 1. The third-order valence-electron chi connectivity index (χ3n) is 2.90. The molecule has 19 heavy (non-hydrogen) atoms. The molecule has 0 aromatic heterocycles. The molecular weight excluding hydrogens is 341 g/mol. The highest BCUT2D eigenvalue weighted by Gasteiger charge is 2.24. The van der Waals surface area contributed by atoms with Crippen molar-refractivity contribution in [2.45, 2.75) is 13.0 Å². The summed E-state index contributed by atoms with van der Waals surface area (Å²) in [6.07, 6.45) is 0. The summed E-state index contributed by atoms with van der Waals surface area (Å²) in [6.45, 7) is 3.60. The molecule has 2 rings (SSSR count). The van der Waals surface area contributed by atoms with Crippen LogP contribution in [-0.2, 0) is 0 Å². The lowest BCUT2D eigenvalue weighted by molar-refractivity contribution is 0.0703. The van der Waals surface area contributed by atoms with Crippen molar-refractivity contribution in [1.29, 1.82) is 0 Å². The van der Waals surface area contributed by atoms with E-state index >= 15 is 0 Å². The number of nitrogens with zero attached hydrogens (tertiary/aromatic N) is 1. The van der Waals surface area contributed by atoms with E-state index in [-0.39, 0.29) is 28.5 Å². The molecule has 106 valence electrons. The van der Waals surface area contributed by atoms with Crippen LogP contribution in [0.5, 0.6) is 0 Å². The zero-order valence-electron chi connectivity index (χ0n) is 10.3. The van der Waals surface area contributed by atoms with Crippen molar-refractivity contribution in [1.82, 2.24) is 10.2 Å². The molecule has 1 fully saturated rings. The van der Waals surface area contributed by atoms with E-state index in [0.717, 1.165) is 12.1 Å². The van der Waals surface area contributed by atoms with Crippen LogP contribution >= 0.6 is 28.3 Å². The van der Waals surface area contributed by atoms with E-state index < -0.39 is 17.5 Å². The second-order valence-electron chi connectivity index (χ2n) is 4.35. The molecule has 0 radical (unpaired) electrons. The summed E-state index contributed by atoms with van der Waals surface area (Å²) >= 11 is 2.88. The van der Waals surface area contributed by atoms with Crippen molar-refractivity contribution in [3.05, 3.63) is 33.8 Å². The standard InChI is InChI=1S/C12H13BrF2N2O.ClH/c1-7-6-17(3-2-16-7)12(18)8-4-11(15)9(13)5-10(8)14;/h4-5,7,16H,2-3,6H2,1H3;1H/t7-;/m1./s1. The zero-order valence-corrected chi connectivity index (χ0v) is 12.7. The lowest BCUT2D eigenvalue weighted by Crippen LogP contribution is -2.51. The maximum Gasteiger partial charge on any atom is 0.257 e. The van der Waals surface area contributed by atoms with Gasteiger partial charge in [-0.3, -0.25) is 4.79 Å². The highest BCUT2D eigenvalue weighted by Crippen LogP contribution is 2.21. The number of benzene rings is 1. The van der Waals surface area contributed by atoms with E-state index in [4.69, 9.17) is 0 Å². The SMILES string of the molecule is C[C@@H]1CN(C(=O)c2cc(F)c(Br)cc2F)CCN1.Cl. The van der Waals surface area contributed by atoms with Gasteiger partial charge in [0.1, 0.15) is 11.6 Å². The minimum atomic E-state index is -0.709. The monoisotopic (exact) mass is 354 g/mol. The number of rotatable bonds is 1. The Bertz CT molecular complexity index is 487. The molecule has 7 heteroatoms. The van der Waals surface area contributed by atoms with Gasteiger partial charge in [0.05, 0.1) is 10.0 Å². The fourth-order valence-electron chi connectivity index (χ4n) is 1.97. The molecule has 1 aromatic carbocycles. The van der Waals surface area contributed by atoms with E-state index in [1.165, 1.54) is 4.90 Å². The lowest BCUT2D eigenvalue weighted by atomic mass is 10.1. The van der Waals surface area contributed by atoms with Crippen molar-refractivity contribution < 1.29 is 13.6 Å². The number of carbonyl (C=O) groups excluding carboxylic acids is 1. The molecule has 1 atom stereocenters. The van der Waals surface area contributed by atoms with Crippen molar-refractivity contribution in [3.63, 3.8) is 0 Å². The number of hydrogen-bond donors (Lipinski definition) is 1. The van der Waals surface area contributed by atoms with E-state index in [1.807, 2.05) is 6.92 Å². The van der Waals surface area contributed by atoms with Crippen LogP contribution < -0.4 is 5.32 Å². The van der Waals surface area contributed by atoms with Gasteiger partial charge in [-0.15, -0.1) is 12.4 Å². The molecule has 3 nitrogen and oxygen atoms in total. The molecule has 1 N–H and O–H groups in total. The quantitative estimate of drug-likeness (QED) is 0.785. The molecule has 1 amide bonds. The maximum atomic E-state index is 13.7. The fourth-order valence-corrected chi connectivity index (χ4v) is 2.29. The van der Waals surface area contributed by atoms with Crippen molar-refractivity contribution in [2.24, 2.45) is 0 Å². The Labute approximate surface area is 124 Å². The average Bonchev–Trinajstić information content (AvgIpc) is 2.33. The van der Waals surface area contributed by atoms with Crippen LogP contribution in [0, 0.1) is 11.6 Å². The summed E-state index contributed by atoms with van der Waals surface area (Å²) in [7, 11) is 0. The van der Waals surface area contributed by atoms with Crippen molar-refractivity contribution >= 4 is 34.2 Å². The van der Waals surface area contributed by atoms with E-state index in [9.17, 15) is 13.6 Å². The summed E-state index contributed by atoms with van der Waals surface area (Å²) in [5, 5.41) is 3.18. The zero-order chi connectivity index (χ0) is 13.3.